The Labute approximate surface area is 141 Å². The highest BCUT2D eigenvalue weighted by atomic mass is 32.1. The molecule has 2 amide bonds. The number of nitrogens with two attached hydrogens (primary N) is 1. The zero-order chi connectivity index (χ0) is 17.0. The van der Waals surface area contributed by atoms with Gasteiger partial charge in [-0.2, -0.15) is 12.6 Å². The van der Waals surface area contributed by atoms with Gasteiger partial charge in [-0.15, -0.1) is 0 Å². The minimum Gasteiger partial charge on any atom is -0.332 e. The van der Waals surface area contributed by atoms with Gasteiger partial charge in [0.15, 0.2) is 0 Å². The largest absolute Gasteiger partial charge is 0.332 e. The van der Waals surface area contributed by atoms with Crippen molar-refractivity contribution in [3.63, 3.8) is 0 Å². The van der Waals surface area contributed by atoms with Gasteiger partial charge in [0, 0.05) is 18.5 Å². The average Bonchev–Trinajstić information content (AvgIpc) is 2.71. The van der Waals surface area contributed by atoms with Gasteiger partial charge < -0.3 is 20.3 Å². The van der Waals surface area contributed by atoms with E-state index in [2.05, 4.69) is 12.6 Å². The zero-order valence-corrected chi connectivity index (χ0v) is 13.9. The highest BCUT2D eigenvalue weighted by molar-refractivity contribution is 7.80. The Morgan fingerprint density at radius 1 is 1.52 bits per heavy atom. The van der Waals surface area contributed by atoms with Gasteiger partial charge in [0.05, 0.1) is 12.6 Å². The molecule has 1 heterocycles. The molecule has 1 aliphatic rings. The first-order chi connectivity index (χ1) is 11.0. The molecule has 0 bridgehead atoms. The van der Waals surface area contributed by atoms with Crippen LogP contribution in [0.25, 0.3) is 0 Å². The lowest BCUT2D eigenvalue weighted by Gasteiger charge is -2.31. The van der Waals surface area contributed by atoms with Crippen LogP contribution in [0.15, 0.2) is 24.3 Å². The van der Waals surface area contributed by atoms with Gasteiger partial charge in [-0.1, -0.05) is 18.2 Å². The van der Waals surface area contributed by atoms with Crippen molar-refractivity contribution in [2.45, 2.75) is 24.9 Å². The second kappa shape index (κ2) is 7.61. The van der Waals surface area contributed by atoms with Crippen LogP contribution in [0.5, 0.6) is 0 Å². The number of likely N-dealkylation sites (N-methyl/N-ethyl adjacent to an activating group) is 1. The topological polar surface area (TPSA) is 83.7 Å². The summed E-state index contributed by atoms with van der Waals surface area (Å²) in [5.41, 5.74) is 7.46. The number of amides is 2. The quantitative estimate of drug-likeness (QED) is 0.597. The van der Waals surface area contributed by atoms with Gasteiger partial charge in [0.25, 0.3) is 0 Å². The van der Waals surface area contributed by atoms with E-state index >= 15 is 0 Å². The maximum atomic E-state index is 12.9. The number of benzene rings is 1. The highest BCUT2D eigenvalue weighted by Crippen LogP contribution is 2.28. The number of hydrogen-bond acceptors (Lipinski definition) is 5. The van der Waals surface area contributed by atoms with E-state index < -0.39 is 12.1 Å². The Kier molecular flexibility index (Phi) is 5.79. The van der Waals surface area contributed by atoms with Crippen LogP contribution in [0, 0.1) is 0 Å². The minimum absolute atomic E-state index is 0.0347. The molecule has 1 unspecified atom stereocenters. The molecule has 7 heteroatoms. The molecule has 0 saturated carbocycles. The maximum absolute atomic E-state index is 12.9. The summed E-state index contributed by atoms with van der Waals surface area (Å²) in [6.45, 7) is -0.0347. The molecule has 1 aromatic rings. The fourth-order valence-corrected chi connectivity index (χ4v) is 2.97. The third-order valence-corrected chi connectivity index (χ3v) is 4.50. The van der Waals surface area contributed by atoms with Crippen LogP contribution >= 0.6 is 12.6 Å². The van der Waals surface area contributed by atoms with Crippen molar-refractivity contribution in [3.8, 4) is 0 Å². The fraction of sp³-hybridized carbons (Fsp3) is 0.438. The highest BCUT2D eigenvalue weighted by Gasteiger charge is 2.35. The first kappa shape index (κ1) is 17.5. The number of aryl methyl sites for hydroxylation is 1. The van der Waals surface area contributed by atoms with Crippen LogP contribution in [0.4, 0.5) is 5.69 Å². The fourth-order valence-electron chi connectivity index (χ4n) is 2.82. The van der Waals surface area contributed by atoms with Crippen LogP contribution in [0.2, 0.25) is 0 Å². The number of aldehydes is 1. The van der Waals surface area contributed by atoms with Gasteiger partial charge in [-0.05, 0) is 24.5 Å². The predicted octanol–water partition coefficient (Wildman–Crippen LogP) is 0.249. The predicted molar refractivity (Wildman–Crippen MR) is 91.6 cm³/mol. The minimum atomic E-state index is -0.749. The summed E-state index contributed by atoms with van der Waals surface area (Å²) in [6.07, 6.45) is 1.83. The van der Waals surface area contributed by atoms with Crippen molar-refractivity contribution in [2.24, 2.45) is 5.73 Å². The Morgan fingerprint density at radius 3 is 2.87 bits per heavy atom. The molecule has 2 atom stereocenters. The molecule has 124 valence electrons. The summed E-state index contributed by atoms with van der Waals surface area (Å²) in [5, 5.41) is 0. The van der Waals surface area contributed by atoms with Crippen LogP contribution < -0.4 is 10.6 Å². The van der Waals surface area contributed by atoms with Crippen molar-refractivity contribution < 1.29 is 14.4 Å². The number of anilines is 1. The van der Waals surface area contributed by atoms with Gasteiger partial charge in [-0.25, -0.2) is 0 Å². The molecular formula is C16H21N3O3S. The Balaban J connectivity index is 2.33. The van der Waals surface area contributed by atoms with E-state index in [9.17, 15) is 14.4 Å². The molecule has 0 fully saturated rings. The van der Waals surface area contributed by atoms with E-state index in [1.54, 1.807) is 7.05 Å². The molecule has 1 aliphatic heterocycles. The summed E-state index contributed by atoms with van der Waals surface area (Å²) < 4.78 is 0. The lowest BCUT2D eigenvalue weighted by molar-refractivity contribution is -0.138. The molecular weight excluding hydrogens is 314 g/mol. The molecule has 0 aromatic heterocycles. The number of carbonyl (C=O) groups is 3. The maximum Gasteiger partial charge on any atom is 0.250 e. The zero-order valence-electron chi connectivity index (χ0n) is 13.0. The summed E-state index contributed by atoms with van der Waals surface area (Å²) in [5.74, 6) is -0.373. The lowest BCUT2D eigenvalue weighted by Crippen LogP contribution is -2.53. The van der Waals surface area contributed by atoms with E-state index in [4.69, 9.17) is 5.73 Å². The first-order valence-corrected chi connectivity index (χ1v) is 8.10. The molecule has 2 N–H and O–H groups in total. The summed E-state index contributed by atoms with van der Waals surface area (Å²) in [7, 11) is 1.57. The van der Waals surface area contributed by atoms with Gasteiger partial charge in [0.2, 0.25) is 11.8 Å². The summed E-state index contributed by atoms with van der Waals surface area (Å²) >= 11 is 4.03. The van der Waals surface area contributed by atoms with E-state index in [0.29, 0.717) is 19.1 Å². The number of fused-ring (bicyclic) bond motifs is 1. The third-order valence-electron chi connectivity index (χ3n) is 4.11. The number of hydrogen-bond donors (Lipinski definition) is 2. The standard InChI is InChI=1S/C16H21N3O3S/c1-18(15(21)12(17)10-23)14-7-6-11-4-2-3-5-13(11)19(8-9-20)16(14)22/h2-5,9,12,14,23H,6-8,10,17H2,1H3/t12?,14-/m0/s1. The smallest absolute Gasteiger partial charge is 0.250 e. The normalized spacial score (nSPS) is 18.8. The van der Waals surface area contributed by atoms with Gasteiger partial charge in [0.1, 0.15) is 12.3 Å². The number of nitrogens with zero attached hydrogens (tertiary/aromatic N) is 2. The molecule has 0 spiro atoms. The third kappa shape index (κ3) is 3.56. The van der Waals surface area contributed by atoms with E-state index in [-0.39, 0.29) is 24.1 Å². The van der Waals surface area contributed by atoms with E-state index in [0.717, 1.165) is 11.3 Å². The monoisotopic (exact) mass is 335 g/mol. The molecule has 0 radical (unpaired) electrons. The Hall–Kier alpha value is -1.86. The molecule has 0 saturated heterocycles. The molecule has 2 rings (SSSR count). The summed E-state index contributed by atoms with van der Waals surface area (Å²) in [6, 6.07) is 6.09. The van der Waals surface area contributed by atoms with Crippen molar-refractivity contribution in [2.75, 3.05) is 24.2 Å². The Bertz CT molecular complexity index is 608. The van der Waals surface area contributed by atoms with Crippen LogP contribution in [-0.2, 0) is 20.8 Å². The number of para-hydroxylation sites is 1. The van der Waals surface area contributed by atoms with Crippen molar-refractivity contribution in [1.82, 2.24) is 4.90 Å². The van der Waals surface area contributed by atoms with E-state index in [1.165, 1.54) is 9.80 Å². The SMILES string of the molecule is CN(C(=O)C(N)CS)[C@H]1CCc2ccccc2N(CC=O)C1=O. The van der Waals surface area contributed by atoms with Gasteiger partial charge >= 0.3 is 0 Å². The first-order valence-electron chi connectivity index (χ1n) is 7.47. The lowest BCUT2D eigenvalue weighted by atomic mass is 10.0. The van der Waals surface area contributed by atoms with Gasteiger partial charge in [-0.3, -0.25) is 9.59 Å². The van der Waals surface area contributed by atoms with Crippen molar-refractivity contribution in [1.29, 1.82) is 0 Å². The van der Waals surface area contributed by atoms with Crippen molar-refractivity contribution >= 4 is 36.4 Å². The number of thiol groups is 1. The average molecular weight is 335 g/mol. The molecule has 23 heavy (non-hydrogen) atoms. The molecule has 6 nitrogen and oxygen atoms in total. The number of carbonyl (C=O) groups excluding carboxylic acids is 3. The second-order valence-electron chi connectivity index (χ2n) is 5.54. The van der Waals surface area contributed by atoms with Crippen LogP contribution in [-0.4, -0.2) is 54.4 Å². The van der Waals surface area contributed by atoms with Crippen LogP contribution in [0.1, 0.15) is 12.0 Å². The van der Waals surface area contributed by atoms with E-state index in [1.807, 2.05) is 24.3 Å². The van der Waals surface area contributed by atoms with Crippen molar-refractivity contribution in [3.05, 3.63) is 29.8 Å². The number of rotatable bonds is 5. The molecule has 1 aromatic carbocycles. The molecule has 0 aliphatic carbocycles. The second-order valence-corrected chi connectivity index (χ2v) is 5.90. The Morgan fingerprint density at radius 2 is 2.22 bits per heavy atom. The summed E-state index contributed by atoms with van der Waals surface area (Å²) in [4.78, 5) is 39.0. The van der Waals surface area contributed by atoms with Crippen LogP contribution in [0.3, 0.4) is 0 Å².